The van der Waals surface area contributed by atoms with Crippen LogP contribution in [0.2, 0.25) is 0 Å². The molecule has 0 N–H and O–H groups in total. The number of aromatic nitrogens is 1. The molecule has 94 valence electrons. The molecule has 1 aromatic carbocycles. The zero-order chi connectivity index (χ0) is 13.1. The minimum Gasteiger partial charge on any atom is -0.496 e. The lowest BCUT2D eigenvalue weighted by atomic mass is 10.2. The lowest BCUT2D eigenvalue weighted by Crippen LogP contribution is -2.21. The molecular weight excluding hydrogens is 294 g/mol. The zero-order valence-electron chi connectivity index (χ0n) is 10.3. The molecule has 3 nitrogen and oxygen atoms in total. The van der Waals surface area contributed by atoms with Crippen LogP contribution < -0.4 is 10.3 Å². The van der Waals surface area contributed by atoms with Crippen LogP contribution >= 0.6 is 15.9 Å². The second-order valence-corrected chi connectivity index (χ2v) is 4.95. The minimum atomic E-state index is 0.0458. The van der Waals surface area contributed by atoms with E-state index in [4.69, 9.17) is 4.74 Å². The summed E-state index contributed by atoms with van der Waals surface area (Å²) in [6, 6.07) is 9.52. The highest BCUT2D eigenvalue weighted by Crippen LogP contribution is 2.25. The fourth-order valence-electron chi connectivity index (χ4n) is 1.79. The zero-order valence-corrected chi connectivity index (χ0v) is 11.9. The maximum Gasteiger partial charge on any atom is 0.253 e. The molecule has 0 fully saturated rings. The Morgan fingerprint density at radius 1 is 1.33 bits per heavy atom. The van der Waals surface area contributed by atoms with E-state index in [1.165, 1.54) is 0 Å². The molecule has 0 bridgehead atoms. The first-order chi connectivity index (χ1) is 8.61. The lowest BCUT2D eigenvalue weighted by Gasteiger charge is -2.09. The molecular formula is C14H14BrNO2. The van der Waals surface area contributed by atoms with E-state index in [9.17, 15) is 4.79 Å². The number of hydrogen-bond acceptors (Lipinski definition) is 2. The van der Waals surface area contributed by atoms with Crippen LogP contribution in [0.3, 0.4) is 0 Å². The molecule has 0 unspecified atom stereocenters. The van der Waals surface area contributed by atoms with Crippen molar-refractivity contribution in [3.63, 3.8) is 0 Å². The summed E-state index contributed by atoms with van der Waals surface area (Å²) in [5.74, 6) is 0.787. The molecule has 0 saturated heterocycles. The Bertz CT molecular complexity index is 619. The van der Waals surface area contributed by atoms with Crippen molar-refractivity contribution in [2.75, 3.05) is 7.11 Å². The maximum absolute atomic E-state index is 11.9. The molecule has 0 aliphatic heterocycles. The molecule has 1 heterocycles. The molecule has 0 spiro atoms. The molecule has 0 atom stereocenters. The quantitative estimate of drug-likeness (QED) is 0.873. The first-order valence-corrected chi connectivity index (χ1v) is 6.39. The lowest BCUT2D eigenvalue weighted by molar-refractivity contribution is 0.412. The average molecular weight is 308 g/mol. The van der Waals surface area contributed by atoms with Gasteiger partial charge in [-0.05, 0) is 46.6 Å². The first kappa shape index (κ1) is 12.9. The number of halogens is 1. The second kappa shape index (κ2) is 5.40. The first-order valence-electron chi connectivity index (χ1n) is 5.60. The fraction of sp³-hybridized carbons (Fsp3) is 0.214. The maximum atomic E-state index is 11.9. The van der Waals surface area contributed by atoms with E-state index in [2.05, 4.69) is 15.9 Å². The third kappa shape index (κ3) is 2.64. The van der Waals surface area contributed by atoms with Crippen molar-refractivity contribution in [3.05, 3.63) is 62.5 Å². The van der Waals surface area contributed by atoms with Crippen LogP contribution in [0.25, 0.3) is 0 Å². The van der Waals surface area contributed by atoms with Gasteiger partial charge in [-0.15, -0.1) is 0 Å². The molecule has 0 amide bonds. The molecule has 0 radical (unpaired) electrons. The van der Waals surface area contributed by atoms with Crippen LogP contribution in [-0.2, 0) is 6.54 Å². The van der Waals surface area contributed by atoms with Gasteiger partial charge in [0.25, 0.3) is 5.56 Å². The Balaban J connectivity index is 2.32. The number of methoxy groups -OCH3 is 1. The number of ether oxygens (including phenoxy) is 1. The van der Waals surface area contributed by atoms with Crippen LogP contribution in [-0.4, -0.2) is 11.7 Å². The molecule has 2 aromatic rings. The summed E-state index contributed by atoms with van der Waals surface area (Å²) in [7, 11) is 1.63. The summed E-state index contributed by atoms with van der Waals surface area (Å²) in [4.78, 5) is 11.9. The van der Waals surface area contributed by atoms with Gasteiger partial charge in [-0.25, -0.2) is 0 Å². The molecule has 4 heteroatoms. The van der Waals surface area contributed by atoms with Gasteiger partial charge in [0.1, 0.15) is 5.75 Å². The monoisotopic (exact) mass is 307 g/mol. The summed E-state index contributed by atoms with van der Waals surface area (Å²) in [6.07, 6.45) is 1.80. The predicted octanol–water partition coefficient (Wildman–Crippen LogP) is 2.98. The summed E-state index contributed by atoms with van der Waals surface area (Å²) in [5, 5.41) is 0. The van der Waals surface area contributed by atoms with Crippen molar-refractivity contribution in [2.24, 2.45) is 0 Å². The van der Waals surface area contributed by atoms with E-state index in [0.29, 0.717) is 6.54 Å². The van der Waals surface area contributed by atoms with E-state index < -0.39 is 0 Å². The van der Waals surface area contributed by atoms with Gasteiger partial charge in [-0.2, -0.15) is 0 Å². The van der Waals surface area contributed by atoms with Crippen molar-refractivity contribution >= 4 is 15.9 Å². The highest BCUT2D eigenvalue weighted by atomic mass is 79.9. The summed E-state index contributed by atoms with van der Waals surface area (Å²) < 4.78 is 7.77. The van der Waals surface area contributed by atoms with Gasteiger partial charge in [0.2, 0.25) is 0 Å². The van der Waals surface area contributed by atoms with Gasteiger partial charge in [0.15, 0.2) is 0 Å². The third-order valence-electron chi connectivity index (χ3n) is 2.78. The van der Waals surface area contributed by atoms with Crippen molar-refractivity contribution in [1.82, 2.24) is 4.57 Å². The van der Waals surface area contributed by atoms with Gasteiger partial charge in [0.05, 0.1) is 18.1 Å². The SMILES string of the molecule is COc1ccc(Cn2cccc(C)c2=O)cc1Br. The average Bonchev–Trinajstić information content (AvgIpc) is 2.35. The van der Waals surface area contributed by atoms with E-state index in [-0.39, 0.29) is 5.56 Å². The topological polar surface area (TPSA) is 31.2 Å². The van der Waals surface area contributed by atoms with Gasteiger partial charge in [-0.3, -0.25) is 4.79 Å². The van der Waals surface area contributed by atoms with Crippen LogP contribution in [0.1, 0.15) is 11.1 Å². The number of rotatable bonds is 3. The van der Waals surface area contributed by atoms with Crippen molar-refractivity contribution in [3.8, 4) is 5.75 Å². The van der Waals surface area contributed by atoms with Gasteiger partial charge >= 0.3 is 0 Å². The Morgan fingerprint density at radius 2 is 2.11 bits per heavy atom. The Kier molecular flexibility index (Phi) is 3.87. The summed E-state index contributed by atoms with van der Waals surface area (Å²) in [6.45, 7) is 2.38. The number of pyridine rings is 1. The number of hydrogen-bond donors (Lipinski definition) is 0. The van der Waals surface area contributed by atoms with E-state index >= 15 is 0 Å². The summed E-state index contributed by atoms with van der Waals surface area (Å²) in [5.41, 5.74) is 1.85. The van der Waals surface area contributed by atoms with Crippen molar-refractivity contribution in [1.29, 1.82) is 0 Å². The second-order valence-electron chi connectivity index (χ2n) is 4.09. The van der Waals surface area contributed by atoms with Crippen LogP contribution in [0, 0.1) is 6.92 Å². The van der Waals surface area contributed by atoms with Crippen LogP contribution in [0.4, 0.5) is 0 Å². The summed E-state index contributed by atoms with van der Waals surface area (Å²) >= 11 is 3.44. The normalized spacial score (nSPS) is 10.4. The largest absolute Gasteiger partial charge is 0.496 e. The fourth-order valence-corrected chi connectivity index (χ4v) is 2.37. The van der Waals surface area contributed by atoms with Crippen molar-refractivity contribution < 1.29 is 4.74 Å². The number of nitrogens with zero attached hydrogens (tertiary/aromatic N) is 1. The molecule has 0 aliphatic carbocycles. The molecule has 0 aliphatic rings. The molecule has 0 saturated carbocycles. The molecule has 1 aromatic heterocycles. The van der Waals surface area contributed by atoms with Crippen molar-refractivity contribution in [2.45, 2.75) is 13.5 Å². The van der Waals surface area contributed by atoms with Gasteiger partial charge < -0.3 is 9.30 Å². The van der Waals surface area contributed by atoms with Gasteiger partial charge in [0, 0.05) is 11.8 Å². The molecule has 2 rings (SSSR count). The predicted molar refractivity (Wildman–Crippen MR) is 75.2 cm³/mol. The highest BCUT2D eigenvalue weighted by Gasteiger charge is 2.04. The van der Waals surface area contributed by atoms with E-state index in [1.54, 1.807) is 17.9 Å². The molecule has 18 heavy (non-hydrogen) atoms. The number of aryl methyl sites for hydroxylation is 1. The standard InChI is InChI=1S/C14H14BrNO2/c1-10-4-3-7-16(14(10)17)9-11-5-6-13(18-2)12(15)8-11/h3-8H,9H2,1-2H3. The third-order valence-corrected chi connectivity index (χ3v) is 3.40. The van der Waals surface area contributed by atoms with Gasteiger partial charge in [-0.1, -0.05) is 12.1 Å². The smallest absolute Gasteiger partial charge is 0.253 e. The van der Waals surface area contributed by atoms with E-state index in [0.717, 1.165) is 21.3 Å². The number of benzene rings is 1. The Labute approximate surface area is 114 Å². The van der Waals surface area contributed by atoms with Crippen LogP contribution in [0.5, 0.6) is 5.75 Å². The van der Waals surface area contributed by atoms with Crippen LogP contribution in [0.15, 0.2) is 45.8 Å². The van der Waals surface area contributed by atoms with E-state index in [1.807, 2.05) is 37.3 Å². The Hall–Kier alpha value is -1.55. The minimum absolute atomic E-state index is 0.0458. The Morgan fingerprint density at radius 3 is 2.78 bits per heavy atom. The highest BCUT2D eigenvalue weighted by molar-refractivity contribution is 9.10.